The molecule has 0 aliphatic rings. The highest BCUT2D eigenvalue weighted by Crippen LogP contribution is 2.30. The maximum atomic E-state index is 13.4. The Morgan fingerprint density at radius 3 is 2.49 bits per heavy atom. The van der Waals surface area contributed by atoms with E-state index in [1.165, 1.54) is 0 Å². The lowest BCUT2D eigenvalue weighted by Gasteiger charge is -2.13. The van der Waals surface area contributed by atoms with Gasteiger partial charge in [0, 0.05) is 24.7 Å². The third kappa shape index (κ3) is 5.20. The smallest absolute Gasteiger partial charge is 0.230 e. The van der Waals surface area contributed by atoms with Crippen LogP contribution in [0.15, 0.2) is 66.9 Å². The molecule has 0 fully saturated rings. The van der Waals surface area contributed by atoms with Crippen LogP contribution in [-0.2, 0) is 13.0 Å². The molecule has 0 saturated carbocycles. The monoisotopic (exact) mass is 511 g/mol. The lowest BCUT2D eigenvalue weighted by molar-refractivity contribution is 0.102. The van der Waals surface area contributed by atoms with Gasteiger partial charge in [0.05, 0.1) is 0 Å². The first kappa shape index (κ1) is 24.5. The van der Waals surface area contributed by atoms with Crippen molar-refractivity contribution in [3.63, 3.8) is 0 Å². The van der Waals surface area contributed by atoms with E-state index in [0.717, 1.165) is 52.9 Å². The number of unbranched alkanes of at least 4 members (excludes halogenated alkanes) is 1. The quantitative estimate of drug-likeness (QED) is 0.254. The molecule has 1 N–H and O–H groups in total. The molecular weight excluding hydrogens is 486 g/mol. The van der Waals surface area contributed by atoms with Crippen molar-refractivity contribution in [2.24, 2.45) is 0 Å². The second-order valence-electron chi connectivity index (χ2n) is 8.88. The van der Waals surface area contributed by atoms with Crippen LogP contribution in [0.25, 0.3) is 22.5 Å². The highest BCUT2D eigenvalue weighted by molar-refractivity contribution is 6.33. The van der Waals surface area contributed by atoms with E-state index in [4.69, 9.17) is 11.6 Å². The largest absolute Gasteiger partial charge is 0.319 e. The Morgan fingerprint density at radius 1 is 1.03 bits per heavy atom. The molecule has 0 spiro atoms. The number of imidazole rings is 1. The van der Waals surface area contributed by atoms with Gasteiger partial charge in [0.2, 0.25) is 11.6 Å². The number of hydrogen-bond acceptors (Lipinski definition) is 6. The number of nitrogens with zero attached hydrogens (tertiary/aromatic N) is 6. The summed E-state index contributed by atoms with van der Waals surface area (Å²) in [6, 6.07) is 19.8. The Bertz CT molecular complexity index is 1510. The summed E-state index contributed by atoms with van der Waals surface area (Å²) in [7, 11) is 0. The summed E-state index contributed by atoms with van der Waals surface area (Å²) in [6.45, 7) is 4.53. The number of nitrogens with one attached hydrogen (secondary N) is 1. The maximum absolute atomic E-state index is 13.4. The maximum Gasteiger partial charge on any atom is 0.230 e. The van der Waals surface area contributed by atoms with Gasteiger partial charge >= 0.3 is 0 Å². The van der Waals surface area contributed by atoms with Crippen LogP contribution >= 0.6 is 11.6 Å². The van der Waals surface area contributed by atoms with E-state index in [9.17, 15) is 4.79 Å². The Labute approximate surface area is 219 Å². The molecule has 0 radical (unpaired) electrons. The third-order valence-corrected chi connectivity index (χ3v) is 6.50. The molecule has 3 heterocycles. The molecule has 0 unspecified atom stereocenters. The molecular formula is C28H26ClN7O. The Hall–Kier alpha value is -4.17. The van der Waals surface area contributed by atoms with Crippen LogP contribution in [0.1, 0.15) is 52.9 Å². The van der Waals surface area contributed by atoms with Crippen molar-refractivity contribution in [1.82, 2.24) is 35.2 Å². The van der Waals surface area contributed by atoms with Gasteiger partial charge in [-0.1, -0.05) is 79.5 Å². The lowest BCUT2D eigenvalue weighted by Crippen LogP contribution is -2.15. The molecule has 186 valence electrons. The van der Waals surface area contributed by atoms with Crippen molar-refractivity contribution in [3.8, 4) is 22.5 Å². The molecule has 0 bridgehead atoms. The summed E-state index contributed by atoms with van der Waals surface area (Å²) in [4.78, 5) is 22.3. The molecule has 0 aliphatic heterocycles. The molecule has 0 atom stereocenters. The fourth-order valence-electron chi connectivity index (χ4n) is 4.28. The van der Waals surface area contributed by atoms with Crippen LogP contribution in [0.2, 0.25) is 5.15 Å². The number of aromatic amines is 1. The first-order valence-corrected chi connectivity index (χ1v) is 12.6. The zero-order valence-corrected chi connectivity index (χ0v) is 21.4. The van der Waals surface area contributed by atoms with Gasteiger partial charge in [-0.25, -0.2) is 4.98 Å². The minimum Gasteiger partial charge on any atom is -0.319 e. The number of aryl methyl sites for hydroxylation is 2. The van der Waals surface area contributed by atoms with Crippen molar-refractivity contribution in [3.05, 3.63) is 100 Å². The average Bonchev–Trinajstić information content (AvgIpc) is 3.56. The van der Waals surface area contributed by atoms with Gasteiger partial charge in [0.25, 0.3) is 0 Å². The molecule has 5 rings (SSSR count). The fraction of sp³-hybridized carbons (Fsp3) is 0.214. The summed E-state index contributed by atoms with van der Waals surface area (Å²) in [5.74, 6) is 1.11. The van der Waals surface area contributed by atoms with Crippen LogP contribution < -0.4 is 0 Å². The Kier molecular flexibility index (Phi) is 7.18. The number of pyridine rings is 1. The molecule has 0 amide bonds. The number of H-pyrrole nitrogens is 1. The molecule has 9 heteroatoms. The summed E-state index contributed by atoms with van der Waals surface area (Å²) in [6.07, 6.45) is 4.39. The van der Waals surface area contributed by atoms with Crippen LogP contribution in [-0.4, -0.2) is 40.9 Å². The van der Waals surface area contributed by atoms with E-state index in [2.05, 4.69) is 61.8 Å². The van der Waals surface area contributed by atoms with Crippen LogP contribution in [0.3, 0.4) is 0 Å². The lowest BCUT2D eigenvalue weighted by atomic mass is 9.98. The van der Waals surface area contributed by atoms with Gasteiger partial charge in [-0.3, -0.25) is 9.78 Å². The number of halogens is 1. The van der Waals surface area contributed by atoms with Crippen LogP contribution in [0, 0.1) is 6.92 Å². The van der Waals surface area contributed by atoms with Gasteiger partial charge in [0.15, 0.2) is 5.15 Å². The van der Waals surface area contributed by atoms with E-state index in [-0.39, 0.29) is 10.9 Å². The third-order valence-electron chi connectivity index (χ3n) is 6.24. The van der Waals surface area contributed by atoms with E-state index in [1.54, 1.807) is 12.3 Å². The van der Waals surface area contributed by atoms with E-state index in [0.29, 0.717) is 23.8 Å². The van der Waals surface area contributed by atoms with E-state index >= 15 is 0 Å². The Balaban J connectivity index is 1.48. The molecule has 3 aromatic heterocycles. The van der Waals surface area contributed by atoms with Crippen molar-refractivity contribution in [1.29, 1.82) is 0 Å². The number of aromatic nitrogens is 7. The first-order chi connectivity index (χ1) is 18.0. The topological polar surface area (TPSA) is 102 Å². The normalized spacial score (nSPS) is 11.1. The number of benzene rings is 2. The molecule has 8 nitrogen and oxygen atoms in total. The van der Waals surface area contributed by atoms with Crippen molar-refractivity contribution in [2.75, 3.05) is 0 Å². The SMILES string of the molecule is CCCCc1nc(Cl)c(C(=O)c2ccc(C)cn2)n1Cc1ccc(-c2ccccc2-c2nn[nH]n2)cc1. The van der Waals surface area contributed by atoms with E-state index in [1.807, 2.05) is 41.8 Å². The molecule has 37 heavy (non-hydrogen) atoms. The summed E-state index contributed by atoms with van der Waals surface area (Å²) >= 11 is 6.54. The van der Waals surface area contributed by atoms with Crippen molar-refractivity contribution in [2.45, 2.75) is 39.7 Å². The predicted molar refractivity (Wildman–Crippen MR) is 142 cm³/mol. The number of carbonyl (C=O) groups excluding carboxylic acids is 1. The highest BCUT2D eigenvalue weighted by Gasteiger charge is 2.24. The molecule has 2 aromatic carbocycles. The fourth-order valence-corrected chi connectivity index (χ4v) is 4.57. The number of rotatable bonds is 9. The minimum absolute atomic E-state index is 0.212. The molecule has 5 aromatic rings. The van der Waals surface area contributed by atoms with Crippen LogP contribution in [0.5, 0.6) is 0 Å². The zero-order valence-electron chi connectivity index (χ0n) is 20.6. The minimum atomic E-state index is -0.231. The number of tetrazole rings is 1. The van der Waals surface area contributed by atoms with Gasteiger partial charge in [0.1, 0.15) is 17.2 Å². The summed E-state index contributed by atoms with van der Waals surface area (Å²) < 4.78 is 1.93. The number of carbonyl (C=O) groups is 1. The number of hydrogen-bond donors (Lipinski definition) is 1. The van der Waals surface area contributed by atoms with Crippen molar-refractivity contribution >= 4 is 17.4 Å². The van der Waals surface area contributed by atoms with Gasteiger partial charge in [-0.15, -0.1) is 10.2 Å². The zero-order chi connectivity index (χ0) is 25.8. The second-order valence-corrected chi connectivity index (χ2v) is 9.24. The highest BCUT2D eigenvalue weighted by atomic mass is 35.5. The van der Waals surface area contributed by atoms with E-state index < -0.39 is 0 Å². The van der Waals surface area contributed by atoms with Gasteiger partial charge in [-0.05, 0) is 46.9 Å². The average molecular weight is 512 g/mol. The second kappa shape index (κ2) is 10.8. The van der Waals surface area contributed by atoms with Gasteiger partial charge < -0.3 is 4.57 Å². The predicted octanol–water partition coefficient (Wildman–Crippen LogP) is 5.71. The molecule has 0 aliphatic carbocycles. The number of ketones is 1. The standard InChI is InChI=1S/C28H26ClN7O/c1-3-4-9-24-31-27(29)25(26(37)23-15-10-18(2)16-30-23)36(24)17-19-11-13-20(14-12-19)21-7-5-6-8-22(21)28-32-34-35-33-28/h5-8,10-16H,3-4,9,17H2,1-2H3,(H,32,33,34,35). The first-order valence-electron chi connectivity index (χ1n) is 12.2. The van der Waals surface area contributed by atoms with Crippen molar-refractivity contribution < 1.29 is 4.79 Å². The Morgan fingerprint density at radius 2 is 1.81 bits per heavy atom. The summed E-state index contributed by atoms with van der Waals surface area (Å²) in [5, 5.41) is 14.7. The van der Waals surface area contributed by atoms with Gasteiger partial charge in [-0.2, -0.15) is 5.21 Å². The van der Waals surface area contributed by atoms with Crippen LogP contribution in [0.4, 0.5) is 0 Å². The molecule has 0 saturated heterocycles. The summed E-state index contributed by atoms with van der Waals surface area (Å²) in [5.41, 5.74) is 5.66.